The fraction of sp³-hybridized carbons (Fsp3) is 0.867. The summed E-state index contributed by atoms with van der Waals surface area (Å²) >= 11 is 0. The molecule has 0 radical (unpaired) electrons. The van der Waals surface area contributed by atoms with Crippen molar-refractivity contribution in [3.05, 3.63) is 11.9 Å². The van der Waals surface area contributed by atoms with Crippen LogP contribution in [-0.2, 0) is 13.2 Å². The summed E-state index contributed by atoms with van der Waals surface area (Å²) in [6.45, 7) is 8.84. The van der Waals surface area contributed by atoms with E-state index in [1.54, 1.807) is 0 Å². The van der Waals surface area contributed by atoms with Gasteiger partial charge in [-0.2, -0.15) is 0 Å². The minimum Gasteiger partial charge on any atom is -0.390 e. The van der Waals surface area contributed by atoms with Gasteiger partial charge in [0.1, 0.15) is 5.69 Å². The maximum atomic E-state index is 8.94. The lowest BCUT2D eigenvalue weighted by Crippen LogP contribution is -2.33. The molecular formula is C15H28N4O. The summed E-state index contributed by atoms with van der Waals surface area (Å²) in [7, 11) is 0. The highest BCUT2D eigenvalue weighted by molar-refractivity contribution is 5.01. The van der Waals surface area contributed by atoms with Crippen molar-refractivity contribution in [3.63, 3.8) is 0 Å². The third-order valence-corrected chi connectivity index (χ3v) is 4.39. The number of nitrogens with one attached hydrogen (secondary N) is 1. The van der Waals surface area contributed by atoms with Crippen LogP contribution in [0.3, 0.4) is 0 Å². The zero-order valence-corrected chi connectivity index (χ0v) is 13.0. The Morgan fingerprint density at radius 2 is 2.30 bits per heavy atom. The molecule has 1 aromatic rings. The number of aliphatic hydroxyl groups is 1. The molecule has 0 amide bonds. The van der Waals surface area contributed by atoms with E-state index in [2.05, 4.69) is 36.4 Å². The first-order chi connectivity index (χ1) is 9.56. The molecule has 0 aliphatic heterocycles. The summed E-state index contributed by atoms with van der Waals surface area (Å²) in [5, 5.41) is 20.5. The van der Waals surface area contributed by atoms with Crippen LogP contribution in [0.25, 0.3) is 0 Å². The Morgan fingerprint density at radius 3 is 2.85 bits per heavy atom. The SMILES string of the molecule is CCCC(NCCCn1cc(CO)nn1)C1CC1(C)C. The number of aryl methyl sites for hydroxylation is 1. The van der Waals surface area contributed by atoms with Crippen molar-refractivity contribution in [1.29, 1.82) is 0 Å². The average molecular weight is 280 g/mol. The van der Waals surface area contributed by atoms with Crippen LogP contribution in [0.1, 0.15) is 52.1 Å². The first-order valence-electron chi connectivity index (χ1n) is 7.80. The molecule has 1 aliphatic rings. The van der Waals surface area contributed by atoms with E-state index in [-0.39, 0.29) is 6.61 Å². The monoisotopic (exact) mass is 280 g/mol. The summed E-state index contributed by atoms with van der Waals surface area (Å²) < 4.78 is 1.81. The van der Waals surface area contributed by atoms with E-state index in [0.29, 0.717) is 17.2 Å². The molecule has 2 unspecified atom stereocenters. The minimum absolute atomic E-state index is 0.0341. The van der Waals surface area contributed by atoms with Gasteiger partial charge in [0.05, 0.1) is 12.8 Å². The minimum atomic E-state index is -0.0341. The maximum absolute atomic E-state index is 8.94. The normalized spacial score (nSPS) is 21.9. The largest absolute Gasteiger partial charge is 0.390 e. The smallest absolute Gasteiger partial charge is 0.108 e. The van der Waals surface area contributed by atoms with Gasteiger partial charge in [0, 0.05) is 12.6 Å². The summed E-state index contributed by atoms with van der Waals surface area (Å²) in [6, 6.07) is 0.666. The first kappa shape index (κ1) is 15.4. The third kappa shape index (κ3) is 4.03. The van der Waals surface area contributed by atoms with E-state index in [1.165, 1.54) is 19.3 Å². The zero-order chi connectivity index (χ0) is 14.6. The Hall–Kier alpha value is -0.940. The van der Waals surface area contributed by atoms with Crippen LogP contribution in [0.2, 0.25) is 0 Å². The van der Waals surface area contributed by atoms with Gasteiger partial charge in [0.25, 0.3) is 0 Å². The molecule has 0 saturated heterocycles. The zero-order valence-electron chi connectivity index (χ0n) is 13.0. The molecule has 1 fully saturated rings. The second-order valence-electron chi connectivity index (χ2n) is 6.63. The van der Waals surface area contributed by atoms with E-state index in [9.17, 15) is 0 Å². The summed E-state index contributed by atoms with van der Waals surface area (Å²) in [5.41, 5.74) is 1.18. The Kier molecular flexibility index (Phi) is 5.16. The van der Waals surface area contributed by atoms with E-state index in [4.69, 9.17) is 5.11 Å². The van der Waals surface area contributed by atoms with Gasteiger partial charge in [-0.25, -0.2) is 0 Å². The van der Waals surface area contributed by atoms with Gasteiger partial charge in [0.15, 0.2) is 0 Å². The molecule has 1 aromatic heterocycles. The number of hydrogen-bond acceptors (Lipinski definition) is 4. The van der Waals surface area contributed by atoms with Gasteiger partial charge in [0.2, 0.25) is 0 Å². The molecule has 2 atom stereocenters. The van der Waals surface area contributed by atoms with Gasteiger partial charge >= 0.3 is 0 Å². The fourth-order valence-electron chi connectivity index (χ4n) is 3.00. The second kappa shape index (κ2) is 6.68. The van der Waals surface area contributed by atoms with E-state index >= 15 is 0 Å². The molecule has 20 heavy (non-hydrogen) atoms. The van der Waals surface area contributed by atoms with Crippen LogP contribution >= 0.6 is 0 Å². The highest BCUT2D eigenvalue weighted by atomic mass is 16.3. The van der Waals surface area contributed by atoms with Crippen LogP contribution in [-0.4, -0.2) is 32.7 Å². The fourth-order valence-corrected chi connectivity index (χ4v) is 3.00. The molecule has 1 saturated carbocycles. The van der Waals surface area contributed by atoms with Crippen LogP contribution < -0.4 is 5.32 Å². The number of nitrogens with zero attached hydrogens (tertiary/aromatic N) is 3. The summed E-state index contributed by atoms with van der Waals surface area (Å²) in [5.74, 6) is 0.842. The highest BCUT2D eigenvalue weighted by Gasteiger charge is 2.49. The Morgan fingerprint density at radius 1 is 1.55 bits per heavy atom. The van der Waals surface area contributed by atoms with Crippen LogP contribution in [0.5, 0.6) is 0 Å². The van der Waals surface area contributed by atoms with E-state index in [0.717, 1.165) is 25.4 Å². The second-order valence-corrected chi connectivity index (χ2v) is 6.63. The van der Waals surface area contributed by atoms with Crippen LogP contribution in [0.15, 0.2) is 6.20 Å². The average Bonchev–Trinajstić information content (AvgIpc) is 2.87. The Labute approximate surface area is 121 Å². The number of rotatable bonds is 9. The van der Waals surface area contributed by atoms with Crippen LogP contribution in [0, 0.1) is 11.3 Å². The maximum Gasteiger partial charge on any atom is 0.108 e. The van der Waals surface area contributed by atoms with Crippen molar-refractivity contribution in [3.8, 4) is 0 Å². The number of aromatic nitrogens is 3. The molecule has 0 spiro atoms. The Balaban J connectivity index is 1.68. The molecule has 0 bridgehead atoms. The predicted octanol–water partition coefficient (Wildman–Crippen LogP) is 1.96. The van der Waals surface area contributed by atoms with Gasteiger partial charge in [-0.15, -0.1) is 5.10 Å². The summed E-state index contributed by atoms with van der Waals surface area (Å²) in [4.78, 5) is 0. The lowest BCUT2D eigenvalue weighted by molar-refractivity contribution is 0.276. The number of hydrogen-bond donors (Lipinski definition) is 2. The molecule has 0 aromatic carbocycles. The standard InChI is InChI=1S/C15H28N4O/c1-4-6-14(13-9-15(13,2)3)16-7-5-8-19-10-12(11-20)17-18-19/h10,13-14,16,20H,4-9,11H2,1-3H3. The van der Waals surface area contributed by atoms with Gasteiger partial charge < -0.3 is 10.4 Å². The third-order valence-electron chi connectivity index (χ3n) is 4.39. The first-order valence-corrected chi connectivity index (χ1v) is 7.80. The molecular weight excluding hydrogens is 252 g/mol. The van der Waals surface area contributed by atoms with Crippen molar-refractivity contribution in [2.45, 2.75) is 65.6 Å². The Bertz CT molecular complexity index is 416. The molecule has 5 nitrogen and oxygen atoms in total. The predicted molar refractivity (Wildman–Crippen MR) is 79.1 cm³/mol. The van der Waals surface area contributed by atoms with Crippen molar-refractivity contribution in [1.82, 2.24) is 20.3 Å². The quantitative estimate of drug-likeness (QED) is 0.679. The van der Waals surface area contributed by atoms with Crippen molar-refractivity contribution in [2.75, 3.05) is 6.54 Å². The molecule has 1 aliphatic carbocycles. The molecule has 114 valence electrons. The van der Waals surface area contributed by atoms with E-state index in [1.807, 2.05) is 10.9 Å². The molecule has 2 rings (SSSR count). The molecule has 5 heteroatoms. The number of aliphatic hydroxyl groups excluding tert-OH is 1. The van der Waals surface area contributed by atoms with Gasteiger partial charge in [-0.3, -0.25) is 4.68 Å². The van der Waals surface area contributed by atoms with E-state index < -0.39 is 0 Å². The van der Waals surface area contributed by atoms with Gasteiger partial charge in [-0.1, -0.05) is 32.4 Å². The summed E-state index contributed by atoms with van der Waals surface area (Å²) in [6.07, 6.45) is 6.72. The highest BCUT2D eigenvalue weighted by Crippen LogP contribution is 2.54. The van der Waals surface area contributed by atoms with Crippen molar-refractivity contribution < 1.29 is 5.11 Å². The topological polar surface area (TPSA) is 63.0 Å². The van der Waals surface area contributed by atoms with Crippen LogP contribution in [0.4, 0.5) is 0 Å². The molecule has 1 heterocycles. The lowest BCUT2D eigenvalue weighted by Gasteiger charge is -2.19. The van der Waals surface area contributed by atoms with Crippen molar-refractivity contribution >= 4 is 0 Å². The van der Waals surface area contributed by atoms with Gasteiger partial charge in [-0.05, 0) is 37.1 Å². The molecule has 2 N–H and O–H groups in total. The van der Waals surface area contributed by atoms with Crippen molar-refractivity contribution in [2.24, 2.45) is 11.3 Å². The lowest BCUT2D eigenvalue weighted by atomic mass is 10.00.